The van der Waals surface area contributed by atoms with E-state index in [4.69, 9.17) is 4.74 Å². The van der Waals surface area contributed by atoms with Gasteiger partial charge in [-0.1, -0.05) is 13.0 Å². The minimum Gasteiger partial charge on any atom is -0.492 e. The van der Waals surface area contributed by atoms with Gasteiger partial charge in [-0.3, -0.25) is 9.59 Å². The van der Waals surface area contributed by atoms with Gasteiger partial charge >= 0.3 is 0 Å². The SMILES string of the molecule is CCCOc1ccc(C(=O)Nc2cccc(C(=O)N3CCCC3)c2)cc1Br. The van der Waals surface area contributed by atoms with Gasteiger partial charge in [-0.25, -0.2) is 0 Å². The van der Waals surface area contributed by atoms with Crippen molar-refractivity contribution in [1.29, 1.82) is 0 Å². The Labute approximate surface area is 167 Å². The zero-order valence-electron chi connectivity index (χ0n) is 15.3. The summed E-state index contributed by atoms with van der Waals surface area (Å²) in [7, 11) is 0. The van der Waals surface area contributed by atoms with Crippen LogP contribution in [0.25, 0.3) is 0 Å². The number of benzene rings is 2. The van der Waals surface area contributed by atoms with Gasteiger partial charge in [-0.05, 0) is 71.6 Å². The zero-order valence-corrected chi connectivity index (χ0v) is 16.9. The van der Waals surface area contributed by atoms with Gasteiger partial charge in [-0.15, -0.1) is 0 Å². The molecule has 2 aromatic rings. The highest BCUT2D eigenvalue weighted by Gasteiger charge is 2.19. The van der Waals surface area contributed by atoms with E-state index in [0.717, 1.165) is 36.8 Å². The quantitative estimate of drug-likeness (QED) is 0.720. The predicted octanol–water partition coefficient (Wildman–Crippen LogP) is 4.73. The highest BCUT2D eigenvalue weighted by atomic mass is 79.9. The molecule has 6 heteroatoms. The van der Waals surface area contributed by atoms with Gasteiger partial charge in [0.1, 0.15) is 5.75 Å². The molecule has 0 saturated carbocycles. The first-order valence-corrected chi connectivity index (χ1v) is 10.0. The molecule has 1 aliphatic heterocycles. The molecule has 0 aromatic heterocycles. The number of hydrogen-bond acceptors (Lipinski definition) is 3. The Kier molecular flexibility index (Phi) is 6.50. The number of carbonyl (C=O) groups is 2. The average Bonchev–Trinajstić information content (AvgIpc) is 3.21. The Balaban J connectivity index is 1.69. The molecular formula is C21H23BrN2O3. The lowest BCUT2D eigenvalue weighted by molar-refractivity contribution is 0.0792. The third kappa shape index (κ3) is 4.89. The highest BCUT2D eigenvalue weighted by molar-refractivity contribution is 9.10. The van der Waals surface area contributed by atoms with Crippen LogP contribution >= 0.6 is 15.9 Å². The van der Waals surface area contributed by atoms with Gasteiger partial charge in [-0.2, -0.15) is 0 Å². The van der Waals surface area contributed by atoms with Crippen molar-refractivity contribution < 1.29 is 14.3 Å². The molecule has 0 unspecified atom stereocenters. The van der Waals surface area contributed by atoms with Crippen molar-refractivity contribution in [2.24, 2.45) is 0 Å². The van der Waals surface area contributed by atoms with Crippen molar-refractivity contribution in [3.63, 3.8) is 0 Å². The van der Waals surface area contributed by atoms with Crippen LogP contribution in [-0.4, -0.2) is 36.4 Å². The number of nitrogens with zero attached hydrogens (tertiary/aromatic N) is 1. The molecule has 0 spiro atoms. The fourth-order valence-electron chi connectivity index (χ4n) is 3.01. The minimum absolute atomic E-state index is 0.0174. The van der Waals surface area contributed by atoms with E-state index >= 15 is 0 Å². The van der Waals surface area contributed by atoms with Crippen molar-refractivity contribution >= 4 is 33.4 Å². The van der Waals surface area contributed by atoms with Crippen LogP contribution in [0, 0.1) is 0 Å². The summed E-state index contributed by atoms with van der Waals surface area (Å²) in [5, 5.41) is 2.86. The number of nitrogens with one attached hydrogen (secondary N) is 1. The maximum atomic E-state index is 12.6. The van der Waals surface area contributed by atoms with Crippen LogP contribution < -0.4 is 10.1 Å². The summed E-state index contributed by atoms with van der Waals surface area (Å²) in [6.45, 7) is 4.27. The molecule has 0 bridgehead atoms. The van der Waals surface area contributed by atoms with E-state index in [9.17, 15) is 9.59 Å². The summed E-state index contributed by atoms with van der Waals surface area (Å²) in [5.41, 5.74) is 1.72. The molecule has 3 rings (SSSR count). The van der Waals surface area contributed by atoms with E-state index in [1.54, 1.807) is 42.5 Å². The van der Waals surface area contributed by atoms with Crippen molar-refractivity contribution in [1.82, 2.24) is 4.90 Å². The molecule has 0 atom stereocenters. The summed E-state index contributed by atoms with van der Waals surface area (Å²) in [4.78, 5) is 26.9. The maximum Gasteiger partial charge on any atom is 0.255 e. The van der Waals surface area contributed by atoms with E-state index in [1.807, 2.05) is 11.8 Å². The Morgan fingerprint density at radius 3 is 2.59 bits per heavy atom. The molecule has 0 aliphatic carbocycles. The van der Waals surface area contributed by atoms with Gasteiger partial charge in [0.05, 0.1) is 11.1 Å². The first kappa shape index (κ1) is 19.4. The molecule has 1 aliphatic rings. The second kappa shape index (κ2) is 9.04. The van der Waals surface area contributed by atoms with Crippen LogP contribution in [0.15, 0.2) is 46.9 Å². The largest absolute Gasteiger partial charge is 0.492 e. The molecule has 142 valence electrons. The van der Waals surface area contributed by atoms with Gasteiger partial charge in [0.25, 0.3) is 11.8 Å². The number of likely N-dealkylation sites (tertiary alicyclic amines) is 1. The Morgan fingerprint density at radius 1 is 1.11 bits per heavy atom. The lowest BCUT2D eigenvalue weighted by Gasteiger charge is -2.16. The molecular weight excluding hydrogens is 408 g/mol. The van der Waals surface area contributed by atoms with Crippen LogP contribution in [0.5, 0.6) is 5.75 Å². The van der Waals surface area contributed by atoms with Crippen molar-refractivity contribution in [3.8, 4) is 5.75 Å². The number of carbonyl (C=O) groups excluding carboxylic acids is 2. The van der Waals surface area contributed by atoms with Crippen LogP contribution in [0.4, 0.5) is 5.69 Å². The topological polar surface area (TPSA) is 58.6 Å². The smallest absolute Gasteiger partial charge is 0.255 e. The Morgan fingerprint density at radius 2 is 1.89 bits per heavy atom. The molecule has 1 heterocycles. The van der Waals surface area contributed by atoms with E-state index in [-0.39, 0.29) is 11.8 Å². The molecule has 0 radical (unpaired) electrons. The molecule has 1 fully saturated rings. The van der Waals surface area contributed by atoms with Gasteiger partial charge in [0, 0.05) is 29.9 Å². The normalized spacial score (nSPS) is 13.5. The Hall–Kier alpha value is -2.34. The number of anilines is 1. The molecule has 5 nitrogen and oxygen atoms in total. The highest BCUT2D eigenvalue weighted by Crippen LogP contribution is 2.26. The van der Waals surface area contributed by atoms with Gasteiger partial charge in [0.15, 0.2) is 0 Å². The predicted molar refractivity (Wildman–Crippen MR) is 109 cm³/mol. The lowest BCUT2D eigenvalue weighted by atomic mass is 10.1. The standard InChI is InChI=1S/C21H23BrN2O3/c1-2-12-27-19-9-8-15(14-18(19)22)20(25)23-17-7-5-6-16(13-17)21(26)24-10-3-4-11-24/h5-9,13-14H,2-4,10-12H2,1H3,(H,23,25). The summed E-state index contributed by atoms with van der Waals surface area (Å²) in [6.07, 6.45) is 3.02. The minimum atomic E-state index is -0.233. The summed E-state index contributed by atoms with van der Waals surface area (Å²) in [6, 6.07) is 12.3. The van der Waals surface area contributed by atoms with Crippen LogP contribution in [0.1, 0.15) is 46.9 Å². The maximum absolute atomic E-state index is 12.6. The third-order valence-electron chi connectivity index (χ3n) is 4.42. The number of rotatable bonds is 6. The number of halogens is 1. The summed E-state index contributed by atoms with van der Waals surface area (Å²) >= 11 is 3.44. The van der Waals surface area contributed by atoms with E-state index < -0.39 is 0 Å². The van der Waals surface area contributed by atoms with E-state index in [0.29, 0.717) is 29.2 Å². The van der Waals surface area contributed by atoms with Crippen molar-refractivity contribution in [2.75, 3.05) is 25.0 Å². The monoisotopic (exact) mass is 430 g/mol. The molecule has 2 amide bonds. The average molecular weight is 431 g/mol. The van der Waals surface area contributed by atoms with E-state index in [1.165, 1.54) is 0 Å². The number of hydrogen-bond donors (Lipinski definition) is 1. The van der Waals surface area contributed by atoms with Crippen LogP contribution in [0.3, 0.4) is 0 Å². The van der Waals surface area contributed by atoms with E-state index in [2.05, 4.69) is 21.2 Å². The second-order valence-corrected chi connectivity index (χ2v) is 7.38. The zero-order chi connectivity index (χ0) is 19.2. The lowest BCUT2D eigenvalue weighted by Crippen LogP contribution is -2.27. The van der Waals surface area contributed by atoms with Gasteiger partial charge in [0.2, 0.25) is 0 Å². The number of ether oxygens (including phenoxy) is 1. The third-order valence-corrected chi connectivity index (χ3v) is 5.04. The summed E-state index contributed by atoms with van der Waals surface area (Å²) in [5.74, 6) is 0.499. The fraction of sp³-hybridized carbons (Fsp3) is 0.333. The van der Waals surface area contributed by atoms with Gasteiger partial charge < -0.3 is 15.0 Å². The van der Waals surface area contributed by atoms with Crippen molar-refractivity contribution in [2.45, 2.75) is 26.2 Å². The molecule has 1 saturated heterocycles. The second-order valence-electron chi connectivity index (χ2n) is 6.53. The number of amides is 2. The van der Waals surface area contributed by atoms with Crippen LogP contribution in [0.2, 0.25) is 0 Å². The first-order valence-electron chi connectivity index (χ1n) is 9.21. The molecule has 1 N–H and O–H groups in total. The Bertz CT molecular complexity index is 832. The summed E-state index contributed by atoms with van der Waals surface area (Å²) < 4.78 is 6.35. The van der Waals surface area contributed by atoms with Crippen molar-refractivity contribution in [3.05, 3.63) is 58.1 Å². The first-order chi connectivity index (χ1) is 13.1. The molecule has 27 heavy (non-hydrogen) atoms. The molecule has 2 aromatic carbocycles. The van der Waals surface area contributed by atoms with Crippen LogP contribution in [-0.2, 0) is 0 Å². The fourth-order valence-corrected chi connectivity index (χ4v) is 3.50.